The molecule has 0 aliphatic carbocycles. The van der Waals surface area contributed by atoms with E-state index < -0.39 is 43.0 Å². The molecule has 1 amide bonds. The number of nitrogens with zero attached hydrogens (tertiary/aromatic N) is 1. The Morgan fingerprint density at radius 3 is 2.58 bits per heavy atom. The van der Waals surface area contributed by atoms with Crippen LogP contribution in [0.1, 0.15) is 16.1 Å². The quantitative estimate of drug-likeness (QED) is 0.894. The standard InChI is InChI=1S/C17H16F3NO5/c1-25-8-11-9-4-2-3-5-13(9)26-14(11)15(22)21-6-10(16(23)24)12(7-21)17(18,19)20/h2-5,10,12H,6-8H2,1H3,(H,23,24)/t10-,12-/m1/s1. The molecule has 0 radical (unpaired) electrons. The summed E-state index contributed by atoms with van der Waals surface area (Å²) in [5, 5.41) is 9.71. The number of ether oxygens (including phenoxy) is 1. The molecule has 2 aromatic rings. The Morgan fingerprint density at radius 2 is 2.00 bits per heavy atom. The van der Waals surface area contributed by atoms with Crippen LogP contribution in [0, 0.1) is 11.8 Å². The molecule has 1 fully saturated rings. The van der Waals surface area contributed by atoms with Crippen molar-refractivity contribution in [1.82, 2.24) is 4.90 Å². The second kappa shape index (κ2) is 6.64. The van der Waals surface area contributed by atoms with Crippen LogP contribution in [0.2, 0.25) is 0 Å². The average Bonchev–Trinajstić information content (AvgIpc) is 3.17. The van der Waals surface area contributed by atoms with Crippen LogP contribution in [0.5, 0.6) is 0 Å². The summed E-state index contributed by atoms with van der Waals surface area (Å²) in [6.45, 7) is -1.21. The molecule has 1 saturated heterocycles. The maximum atomic E-state index is 13.1. The van der Waals surface area contributed by atoms with Crippen molar-refractivity contribution in [3.05, 3.63) is 35.6 Å². The summed E-state index contributed by atoms with van der Waals surface area (Å²) in [5.74, 6) is -6.29. The first kappa shape index (κ1) is 18.2. The third kappa shape index (κ3) is 3.14. The monoisotopic (exact) mass is 371 g/mol. The fourth-order valence-electron chi connectivity index (χ4n) is 3.25. The zero-order valence-electron chi connectivity index (χ0n) is 13.7. The number of likely N-dealkylation sites (tertiary alicyclic amines) is 1. The number of amides is 1. The lowest BCUT2D eigenvalue weighted by Crippen LogP contribution is -2.34. The van der Waals surface area contributed by atoms with Gasteiger partial charge < -0.3 is 19.2 Å². The van der Waals surface area contributed by atoms with Crippen LogP contribution in [0.15, 0.2) is 28.7 Å². The molecule has 3 rings (SSSR count). The van der Waals surface area contributed by atoms with Crippen LogP contribution in [0.3, 0.4) is 0 Å². The minimum atomic E-state index is -4.71. The Labute approximate surface area is 146 Å². The third-order valence-electron chi connectivity index (χ3n) is 4.53. The lowest BCUT2D eigenvalue weighted by atomic mass is 9.96. The highest BCUT2D eigenvalue weighted by atomic mass is 19.4. The minimum Gasteiger partial charge on any atom is -0.481 e. The molecule has 2 heterocycles. The minimum absolute atomic E-state index is 0.0387. The lowest BCUT2D eigenvalue weighted by Gasteiger charge is -2.18. The first-order valence-corrected chi connectivity index (χ1v) is 7.82. The van der Waals surface area contributed by atoms with Gasteiger partial charge in [-0.25, -0.2) is 0 Å². The number of carbonyl (C=O) groups excluding carboxylic acids is 1. The number of carbonyl (C=O) groups is 2. The van der Waals surface area contributed by atoms with Crippen molar-refractivity contribution >= 4 is 22.8 Å². The number of carboxylic acids is 1. The molecule has 1 aromatic heterocycles. The lowest BCUT2D eigenvalue weighted by molar-refractivity contribution is -0.187. The molecule has 0 saturated carbocycles. The Balaban J connectivity index is 1.96. The summed E-state index contributed by atoms with van der Waals surface area (Å²) >= 11 is 0. The van der Waals surface area contributed by atoms with Crippen molar-refractivity contribution in [3.8, 4) is 0 Å². The van der Waals surface area contributed by atoms with Gasteiger partial charge >= 0.3 is 12.1 Å². The van der Waals surface area contributed by atoms with Crippen molar-refractivity contribution in [2.24, 2.45) is 11.8 Å². The smallest absolute Gasteiger partial charge is 0.394 e. The molecule has 1 aliphatic heterocycles. The molecular weight excluding hydrogens is 355 g/mol. The number of furan rings is 1. The van der Waals surface area contributed by atoms with Gasteiger partial charge in [-0.2, -0.15) is 13.2 Å². The Morgan fingerprint density at radius 1 is 1.31 bits per heavy atom. The molecule has 0 spiro atoms. The zero-order valence-corrected chi connectivity index (χ0v) is 13.7. The molecule has 1 N–H and O–H groups in total. The van der Waals surface area contributed by atoms with E-state index in [0.717, 1.165) is 4.90 Å². The van der Waals surface area contributed by atoms with Gasteiger partial charge in [-0.05, 0) is 6.07 Å². The van der Waals surface area contributed by atoms with E-state index in [1.54, 1.807) is 24.3 Å². The van der Waals surface area contributed by atoms with E-state index in [4.69, 9.17) is 14.3 Å². The number of benzene rings is 1. The van der Waals surface area contributed by atoms with Gasteiger partial charge in [-0.1, -0.05) is 18.2 Å². The summed E-state index contributed by atoms with van der Waals surface area (Å²) in [7, 11) is 1.42. The van der Waals surface area contributed by atoms with E-state index in [-0.39, 0.29) is 12.4 Å². The summed E-state index contributed by atoms with van der Waals surface area (Å²) in [5.41, 5.74) is 0.833. The third-order valence-corrected chi connectivity index (χ3v) is 4.53. The van der Waals surface area contributed by atoms with Gasteiger partial charge in [0.15, 0.2) is 5.76 Å². The maximum absolute atomic E-state index is 13.1. The Hall–Kier alpha value is -2.55. The van der Waals surface area contributed by atoms with Gasteiger partial charge in [0.1, 0.15) is 5.58 Å². The number of alkyl halides is 3. The molecular formula is C17H16F3NO5. The number of hydrogen-bond acceptors (Lipinski definition) is 4. The summed E-state index contributed by atoms with van der Waals surface area (Å²) in [4.78, 5) is 24.8. The fourth-order valence-corrected chi connectivity index (χ4v) is 3.25. The largest absolute Gasteiger partial charge is 0.481 e. The number of hydrogen-bond donors (Lipinski definition) is 1. The molecule has 2 atom stereocenters. The first-order chi connectivity index (χ1) is 12.2. The molecule has 1 aromatic carbocycles. The van der Waals surface area contributed by atoms with Crippen LogP contribution in [-0.2, 0) is 16.1 Å². The van der Waals surface area contributed by atoms with Gasteiger partial charge in [0.05, 0.1) is 18.4 Å². The van der Waals surface area contributed by atoms with Gasteiger partial charge in [-0.3, -0.25) is 9.59 Å². The number of halogens is 3. The molecule has 6 nitrogen and oxygen atoms in total. The van der Waals surface area contributed by atoms with Crippen molar-refractivity contribution < 1.29 is 37.0 Å². The van der Waals surface area contributed by atoms with E-state index in [2.05, 4.69) is 0 Å². The summed E-state index contributed by atoms with van der Waals surface area (Å²) in [6.07, 6.45) is -4.71. The zero-order chi connectivity index (χ0) is 19.1. The van der Waals surface area contributed by atoms with Crippen molar-refractivity contribution in [2.75, 3.05) is 20.2 Å². The predicted octanol–water partition coefficient (Wildman–Crippen LogP) is 2.91. The highest BCUT2D eigenvalue weighted by Crippen LogP contribution is 2.39. The summed E-state index contributed by atoms with van der Waals surface area (Å²) in [6, 6.07) is 6.79. The second-order valence-corrected chi connectivity index (χ2v) is 6.14. The molecule has 9 heteroatoms. The number of methoxy groups -OCH3 is 1. The van der Waals surface area contributed by atoms with E-state index in [0.29, 0.717) is 16.5 Å². The van der Waals surface area contributed by atoms with Crippen LogP contribution in [-0.4, -0.2) is 48.3 Å². The van der Waals surface area contributed by atoms with Gasteiger partial charge in [0.2, 0.25) is 0 Å². The summed E-state index contributed by atoms with van der Waals surface area (Å²) < 4.78 is 50.0. The molecule has 0 bridgehead atoms. The van der Waals surface area contributed by atoms with Crippen LogP contribution < -0.4 is 0 Å². The topological polar surface area (TPSA) is 80.0 Å². The van der Waals surface area contributed by atoms with Crippen molar-refractivity contribution in [2.45, 2.75) is 12.8 Å². The SMILES string of the molecule is COCc1c(C(=O)N2C[C@@H](C(F)(F)F)[C@H](C(=O)O)C2)oc2ccccc12. The van der Waals surface area contributed by atoms with Crippen molar-refractivity contribution in [3.63, 3.8) is 0 Å². The first-order valence-electron chi connectivity index (χ1n) is 7.82. The van der Waals surface area contributed by atoms with E-state index in [1.165, 1.54) is 7.11 Å². The molecule has 140 valence electrons. The number of para-hydroxylation sites is 1. The number of aliphatic carboxylic acids is 1. The van der Waals surface area contributed by atoms with Gasteiger partial charge in [-0.15, -0.1) is 0 Å². The normalized spacial score (nSPS) is 20.7. The maximum Gasteiger partial charge on any atom is 0.394 e. The number of rotatable bonds is 4. The van der Waals surface area contributed by atoms with Crippen LogP contribution >= 0.6 is 0 Å². The second-order valence-electron chi connectivity index (χ2n) is 6.14. The average molecular weight is 371 g/mol. The van der Waals surface area contributed by atoms with Crippen LogP contribution in [0.4, 0.5) is 13.2 Å². The van der Waals surface area contributed by atoms with Crippen LogP contribution in [0.25, 0.3) is 11.0 Å². The van der Waals surface area contributed by atoms with E-state index in [1.807, 2.05) is 0 Å². The number of carboxylic acid groups (broad SMARTS) is 1. The molecule has 1 aliphatic rings. The van der Waals surface area contributed by atoms with E-state index in [9.17, 15) is 22.8 Å². The predicted molar refractivity (Wildman–Crippen MR) is 83.5 cm³/mol. The number of fused-ring (bicyclic) bond motifs is 1. The van der Waals surface area contributed by atoms with Gasteiger partial charge in [0.25, 0.3) is 5.91 Å². The Bertz CT molecular complexity index is 845. The highest BCUT2D eigenvalue weighted by Gasteiger charge is 2.54. The molecule has 0 unspecified atom stereocenters. The van der Waals surface area contributed by atoms with Gasteiger partial charge in [0, 0.05) is 31.1 Å². The Kier molecular flexibility index (Phi) is 4.66. The molecule has 26 heavy (non-hydrogen) atoms. The fraction of sp³-hybridized carbons (Fsp3) is 0.412. The van der Waals surface area contributed by atoms with Crippen molar-refractivity contribution in [1.29, 1.82) is 0 Å². The highest BCUT2D eigenvalue weighted by molar-refractivity contribution is 5.99. The van der Waals surface area contributed by atoms with E-state index >= 15 is 0 Å².